The van der Waals surface area contributed by atoms with Crippen molar-refractivity contribution in [2.75, 3.05) is 6.54 Å². The molecule has 2 heterocycles. The van der Waals surface area contributed by atoms with Crippen LogP contribution in [0.25, 0.3) is 0 Å². The van der Waals surface area contributed by atoms with Crippen LogP contribution < -0.4 is 4.74 Å². The maximum absolute atomic E-state index is 12.3. The number of aliphatic hydroxyl groups excluding tert-OH is 1. The number of hydrogen-bond acceptors (Lipinski definition) is 4. The topological polar surface area (TPSA) is 73.6 Å². The van der Waals surface area contributed by atoms with Crippen molar-refractivity contribution in [1.29, 1.82) is 5.26 Å². The summed E-state index contributed by atoms with van der Waals surface area (Å²) in [5, 5.41) is 19.9. The molecule has 1 fully saturated rings. The molecule has 0 aromatic heterocycles. The number of rotatable bonds is 1. The Morgan fingerprint density at radius 1 is 1.41 bits per heavy atom. The Balaban J connectivity index is 2.03. The van der Waals surface area contributed by atoms with Crippen LogP contribution in [0.1, 0.15) is 50.3 Å². The number of piperidine rings is 1. The number of aliphatic hydroxyl groups is 1. The van der Waals surface area contributed by atoms with Crippen LogP contribution in [0.4, 0.5) is 0 Å². The minimum absolute atomic E-state index is 0.0619. The zero-order valence-electron chi connectivity index (χ0n) is 12.9. The van der Waals surface area contributed by atoms with Crippen LogP contribution in [0.5, 0.6) is 5.75 Å². The SMILES string of the molecule is CC1(C)Oc2ccc(C#N)cc2[C@H](O)[C@H]1N1CCCCC1=O. The van der Waals surface area contributed by atoms with E-state index < -0.39 is 17.7 Å². The molecule has 1 aromatic carbocycles. The van der Waals surface area contributed by atoms with Gasteiger partial charge in [0.25, 0.3) is 0 Å². The highest BCUT2D eigenvalue weighted by atomic mass is 16.5. The minimum atomic E-state index is -0.853. The van der Waals surface area contributed by atoms with Crippen molar-refractivity contribution >= 4 is 5.91 Å². The van der Waals surface area contributed by atoms with Crippen LogP contribution in [0.2, 0.25) is 0 Å². The minimum Gasteiger partial charge on any atom is -0.485 e. The van der Waals surface area contributed by atoms with Crippen LogP contribution in [0, 0.1) is 11.3 Å². The van der Waals surface area contributed by atoms with Crippen LogP contribution >= 0.6 is 0 Å². The lowest BCUT2D eigenvalue weighted by Gasteiger charge is -2.49. The van der Waals surface area contributed by atoms with Gasteiger partial charge in [0, 0.05) is 18.5 Å². The maximum atomic E-state index is 12.3. The van der Waals surface area contributed by atoms with Gasteiger partial charge < -0.3 is 14.7 Å². The fourth-order valence-corrected chi connectivity index (χ4v) is 3.50. The third kappa shape index (κ3) is 2.34. The number of carbonyl (C=O) groups is 1. The molecule has 116 valence electrons. The molecule has 0 bridgehead atoms. The molecular weight excluding hydrogens is 280 g/mol. The van der Waals surface area contributed by atoms with E-state index in [0.29, 0.717) is 29.8 Å². The van der Waals surface area contributed by atoms with Crippen LogP contribution in [0.15, 0.2) is 18.2 Å². The van der Waals surface area contributed by atoms with Crippen molar-refractivity contribution in [3.63, 3.8) is 0 Å². The monoisotopic (exact) mass is 300 g/mol. The number of likely N-dealkylation sites (tertiary alicyclic amines) is 1. The first kappa shape index (κ1) is 14.9. The lowest BCUT2D eigenvalue weighted by molar-refractivity contribution is -0.150. The molecule has 2 atom stereocenters. The molecule has 0 aliphatic carbocycles. The number of nitriles is 1. The Labute approximate surface area is 130 Å². The quantitative estimate of drug-likeness (QED) is 0.862. The molecular formula is C17H20N2O3. The van der Waals surface area contributed by atoms with Gasteiger partial charge in [-0.15, -0.1) is 0 Å². The Kier molecular flexibility index (Phi) is 3.57. The summed E-state index contributed by atoms with van der Waals surface area (Å²) in [6.07, 6.45) is 1.50. The number of benzene rings is 1. The van der Waals surface area contributed by atoms with Gasteiger partial charge in [0.2, 0.25) is 5.91 Å². The van der Waals surface area contributed by atoms with E-state index in [1.807, 2.05) is 13.8 Å². The van der Waals surface area contributed by atoms with E-state index in [2.05, 4.69) is 6.07 Å². The molecule has 0 radical (unpaired) electrons. The summed E-state index contributed by atoms with van der Waals surface area (Å²) in [5.41, 5.74) is 0.375. The van der Waals surface area contributed by atoms with Gasteiger partial charge in [0.05, 0.1) is 11.6 Å². The first-order valence-corrected chi connectivity index (χ1v) is 7.64. The van der Waals surface area contributed by atoms with E-state index in [1.54, 1.807) is 23.1 Å². The number of carbonyl (C=O) groups excluding carboxylic acids is 1. The average molecular weight is 300 g/mol. The van der Waals surface area contributed by atoms with Crippen LogP contribution in [-0.4, -0.2) is 34.1 Å². The molecule has 1 N–H and O–H groups in total. The van der Waals surface area contributed by atoms with E-state index in [9.17, 15) is 9.90 Å². The zero-order valence-corrected chi connectivity index (χ0v) is 12.9. The smallest absolute Gasteiger partial charge is 0.223 e. The van der Waals surface area contributed by atoms with Gasteiger partial charge in [-0.2, -0.15) is 5.26 Å². The number of amides is 1. The van der Waals surface area contributed by atoms with Crippen molar-refractivity contribution in [3.8, 4) is 11.8 Å². The fourth-order valence-electron chi connectivity index (χ4n) is 3.50. The number of ether oxygens (including phenoxy) is 1. The molecule has 5 nitrogen and oxygen atoms in total. The van der Waals surface area contributed by atoms with Crippen molar-refractivity contribution < 1.29 is 14.6 Å². The van der Waals surface area contributed by atoms with E-state index >= 15 is 0 Å². The second-order valence-electron chi connectivity index (χ2n) is 6.50. The average Bonchev–Trinajstić information content (AvgIpc) is 2.48. The Bertz CT molecular complexity index is 648. The maximum Gasteiger partial charge on any atom is 0.223 e. The summed E-state index contributed by atoms with van der Waals surface area (Å²) in [7, 11) is 0. The van der Waals surface area contributed by atoms with Gasteiger partial charge in [-0.1, -0.05) is 0 Å². The summed E-state index contributed by atoms with van der Waals surface area (Å²) in [6, 6.07) is 6.67. The summed E-state index contributed by atoms with van der Waals surface area (Å²) in [4.78, 5) is 14.0. The van der Waals surface area contributed by atoms with Gasteiger partial charge >= 0.3 is 0 Å². The van der Waals surface area contributed by atoms with Gasteiger partial charge in [-0.25, -0.2) is 0 Å². The highest BCUT2D eigenvalue weighted by Crippen LogP contribution is 2.43. The fraction of sp³-hybridized carbons (Fsp3) is 0.529. The predicted octanol–water partition coefficient (Wildman–Crippen LogP) is 2.14. The first-order valence-electron chi connectivity index (χ1n) is 7.64. The van der Waals surface area contributed by atoms with Crippen molar-refractivity contribution in [1.82, 2.24) is 4.90 Å². The first-order chi connectivity index (χ1) is 10.4. The lowest BCUT2D eigenvalue weighted by Crippen LogP contribution is -2.60. The van der Waals surface area contributed by atoms with Crippen molar-refractivity contribution in [2.24, 2.45) is 0 Å². The summed E-state index contributed by atoms with van der Waals surface area (Å²) >= 11 is 0. The van der Waals surface area contributed by atoms with Gasteiger partial charge in [-0.3, -0.25) is 4.79 Å². The highest BCUT2D eigenvalue weighted by Gasteiger charge is 2.48. The molecule has 1 saturated heterocycles. The molecule has 2 aliphatic heterocycles. The summed E-state index contributed by atoms with van der Waals surface area (Å²) in [6.45, 7) is 4.43. The van der Waals surface area contributed by atoms with Gasteiger partial charge in [0.15, 0.2) is 0 Å². The van der Waals surface area contributed by atoms with Crippen molar-refractivity contribution in [2.45, 2.75) is 50.9 Å². The number of nitrogens with zero attached hydrogens (tertiary/aromatic N) is 2. The Morgan fingerprint density at radius 3 is 2.86 bits per heavy atom. The van der Waals surface area contributed by atoms with Gasteiger partial charge in [0.1, 0.15) is 23.5 Å². The molecule has 0 spiro atoms. The molecule has 1 aromatic rings. The Hall–Kier alpha value is -2.06. The standard InChI is InChI=1S/C17H20N2O3/c1-17(2)16(19-8-4-3-5-14(19)20)15(21)12-9-11(10-18)6-7-13(12)22-17/h6-7,9,15-16,21H,3-5,8H2,1-2H3/t15-,16+/m0/s1. The van der Waals surface area contributed by atoms with E-state index in [1.165, 1.54) is 0 Å². The van der Waals surface area contributed by atoms with Crippen molar-refractivity contribution in [3.05, 3.63) is 29.3 Å². The molecule has 1 amide bonds. The number of hydrogen-bond donors (Lipinski definition) is 1. The second kappa shape index (κ2) is 5.29. The summed E-state index contributed by atoms with van der Waals surface area (Å²) in [5.74, 6) is 0.643. The molecule has 0 unspecified atom stereocenters. The van der Waals surface area contributed by atoms with Gasteiger partial charge in [-0.05, 0) is 44.9 Å². The summed E-state index contributed by atoms with van der Waals surface area (Å²) < 4.78 is 6.04. The molecule has 0 saturated carbocycles. The molecule has 2 aliphatic rings. The third-order valence-corrected chi connectivity index (χ3v) is 4.54. The zero-order chi connectivity index (χ0) is 15.9. The molecule has 5 heteroatoms. The Morgan fingerprint density at radius 2 is 2.18 bits per heavy atom. The molecule has 22 heavy (non-hydrogen) atoms. The van der Waals surface area contributed by atoms with E-state index in [-0.39, 0.29) is 5.91 Å². The second-order valence-corrected chi connectivity index (χ2v) is 6.50. The van der Waals surface area contributed by atoms with Crippen LogP contribution in [-0.2, 0) is 4.79 Å². The highest BCUT2D eigenvalue weighted by molar-refractivity contribution is 5.77. The molecule has 3 rings (SSSR count). The third-order valence-electron chi connectivity index (χ3n) is 4.54. The largest absolute Gasteiger partial charge is 0.485 e. The normalized spacial score (nSPS) is 26.8. The number of fused-ring (bicyclic) bond motifs is 1. The van der Waals surface area contributed by atoms with Crippen LogP contribution in [0.3, 0.4) is 0 Å². The van der Waals surface area contributed by atoms with E-state index in [0.717, 1.165) is 12.8 Å². The van der Waals surface area contributed by atoms with E-state index in [4.69, 9.17) is 10.00 Å². The predicted molar refractivity (Wildman–Crippen MR) is 80.2 cm³/mol. The lowest BCUT2D eigenvalue weighted by atomic mass is 9.83.